The van der Waals surface area contributed by atoms with E-state index in [-0.39, 0.29) is 26.1 Å². The minimum Gasteiger partial charge on any atom is -0.462 e. The van der Waals surface area contributed by atoms with Crippen molar-refractivity contribution in [3.8, 4) is 0 Å². The van der Waals surface area contributed by atoms with E-state index in [1.165, 1.54) is 193 Å². The third-order valence-corrected chi connectivity index (χ3v) is 15.1. The Morgan fingerprint density at radius 3 is 1.05 bits per heavy atom. The Kier molecular flexibility index (Phi) is 43.0. The summed E-state index contributed by atoms with van der Waals surface area (Å²) >= 11 is 0. The first-order valence-corrected chi connectivity index (χ1v) is 30.6. The van der Waals surface area contributed by atoms with E-state index >= 15 is 0 Å². The van der Waals surface area contributed by atoms with Crippen LogP contribution in [0.3, 0.4) is 0 Å². The molecule has 7 N–H and O–H groups in total. The number of carbonyl (C=O) groups is 2. The number of hydrogen-bond donors (Lipinski definition) is 7. The van der Waals surface area contributed by atoms with Gasteiger partial charge in [0, 0.05) is 12.8 Å². The molecule has 15 heteroatoms. The molecule has 2 fully saturated rings. The maximum absolute atomic E-state index is 13.1. The van der Waals surface area contributed by atoms with Crippen LogP contribution < -0.4 is 0 Å². The van der Waals surface area contributed by atoms with Crippen molar-refractivity contribution in [3.63, 3.8) is 0 Å². The Balaban J connectivity index is 1.72. The second-order valence-corrected chi connectivity index (χ2v) is 21.9. The summed E-state index contributed by atoms with van der Waals surface area (Å²) in [6.45, 7) is 2.67. The number of carbonyl (C=O) groups excluding carboxylic acids is 2. The molecule has 2 aliphatic heterocycles. The molecule has 0 saturated carbocycles. The zero-order chi connectivity index (χ0) is 53.9. The molecule has 0 aliphatic carbocycles. The van der Waals surface area contributed by atoms with E-state index in [4.69, 9.17) is 28.4 Å². The predicted molar refractivity (Wildman–Crippen MR) is 289 cm³/mol. The van der Waals surface area contributed by atoms with Gasteiger partial charge < -0.3 is 64.2 Å². The van der Waals surface area contributed by atoms with Crippen molar-refractivity contribution in [2.45, 2.75) is 338 Å². The van der Waals surface area contributed by atoms with Crippen LogP contribution in [-0.2, 0) is 38.0 Å². The number of ether oxygens (including phenoxy) is 6. The van der Waals surface area contributed by atoms with Crippen LogP contribution in [-0.4, -0.2) is 142 Å². The third-order valence-electron chi connectivity index (χ3n) is 15.1. The van der Waals surface area contributed by atoms with Gasteiger partial charge in [-0.3, -0.25) is 9.59 Å². The molecule has 2 aliphatic rings. The van der Waals surface area contributed by atoms with Gasteiger partial charge in [0.15, 0.2) is 18.7 Å². The second-order valence-electron chi connectivity index (χ2n) is 21.9. The summed E-state index contributed by atoms with van der Waals surface area (Å²) in [6, 6.07) is 0. The Labute approximate surface area is 448 Å². The van der Waals surface area contributed by atoms with Gasteiger partial charge in [-0.1, -0.05) is 245 Å². The highest BCUT2D eigenvalue weighted by Crippen LogP contribution is 2.27. The van der Waals surface area contributed by atoms with Crippen molar-refractivity contribution < 1.29 is 73.8 Å². The summed E-state index contributed by atoms with van der Waals surface area (Å²) in [7, 11) is 0. The summed E-state index contributed by atoms with van der Waals surface area (Å²) < 4.78 is 33.8. The molecule has 15 nitrogen and oxygen atoms in total. The summed E-state index contributed by atoms with van der Waals surface area (Å²) in [5.74, 6) is -0.901. The first-order chi connectivity index (χ1) is 36.0. The van der Waals surface area contributed by atoms with Crippen molar-refractivity contribution in [2.75, 3.05) is 26.4 Å². The standard InChI is InChI=1S/C59H112O15/c1-3-5-7-9-11-13-15-17-19-21-23-24-26-27-29-31-33-35-37-39-41-50(61)69-44-47(72-51(62)42-40-38-36-34-32-30-28-25-22-20-18-16-14-12-10-8-6-4-2)45-70-58-57(68)55(66)53(64)49(74-58)46-71-59-56(67)54(65)52(63)48(43-60)73-59/h47-49,52-60,63-68H,3-46H2,1-2H3/t47-,48+,49+,52-,53-,54?,55?,56?,57?,58+,59+/m0/s1. The first kappa shape index (κ1) is 68.6. The topological polar surface area (TPSA) is 231 Å². The monoisotopic (exact) mass is 1060 g/mol. The van der Waals surface area contributed by atoms with E-state index < -0.39 is 92.7 Å². The number of hydrogen-bond acceptors (Lipinski definition) is 15. The van der Waals surface area contributed by atoms with Crippen LogP contribution in [0.5, 0.6) is 0 Å². The van der Waals surface area contributed by atoms with Gasteiger partial charge in [0.05, 0.1) is 19.8 Å². The molecule has 2 rings (SSSR count). The highest BCUT2D eigenvalue weighted by molar-refractivity contribution is 5.70. The molecular weight excluding hydrogens is 949 g/mol. The van der Waals surface area contributed by atoms with Gasteiger partial charge in [-0.05, 0) is 12.8 Å². The molecule has 0 aromatic heterocycles. The van der Waals surface area contributed by atoms with Gasteiger partial charge in [0.1, 0.15) is 55.4 Å². The number of aliphatic hydroxyl groups is 7. The molecule has 2 saturated heterocycles. The quantitative estimate of drug-likeness (QED) is 0.0222. The van der Waals surface area contributed by atoms with Crippen molar-refractivity contribution in [1.29, 1.82) is 0 Å². The summed E-state index contributed by atoms with van der Waals surface area (Å²) in [5.41, 5.74) is 0. The van der Waals surface area contributed by atoms with Crippen molar-refractivity contribution in [3.05, 3.63) is 0 Å². The molecule has 0 radical (unpaired) electrons. The van der Waals surface area contributed by atoms with Crippen molar-refractivity contribution >= 4 is 11.9 Å². The molecule has 0 aromatic carbocycles. The fraction of sp³-hybridized carbons (Fsp3) is 0.966. The molecule has 74 heavy (non-hydrogen) atoms. The maximum Gasteiger partial charge on any atom is 0.306 e. The lowest BCUT2D eigenvalue weighted by Crippen LogP contribution is -2.61. The van der Waals surface area contributed by atoms with Gasteiger partial charge in [0.2, 0.25) is 0 Å². The average Bonchev–Trinajstić information content (AvgIpc) is 3.39. The lowest BCUT2D eigenvalue weighted by Gasteiger charge is -2.42. The lowest BCUT2D eigenvalue weighted by atomic mass is 9.98. The minimum atomic E-state index is -1.76. The third kappa shape index (κ3) is 33.1. The van der Waals surface area contributed by atoms with E-state index in [2.05, 4.69) is 13.8 Å². The zero-order valence-corrected chi connectivity index (χ0v) is 46.9. The Hall–Kier alpha value is -1.50. The smallest absolute Gasteiger partial charge is 0.306 e. The molecule has 438 valence electrons. The molecule has 0 amide bonds. The number of esters is 2. The highest BCUT2D eigenvalue weighted by Gasteiger charge is 2.47. The van der Waals surface area contributed by atoms with Crippen LogP contribution in [0.25, 0.3) is 0 Å². The van der Waals surface area contributed by atoms with Gasteiger partial charge in [-0.2, -0.15) is 0 Å². The van der Waals surface area contributed by atoms with Gasteiger partial charge in [-0.15, -0.1) is 0 Å². The van der Waals surface area contributed by atoms with Crippen molar-refractivity contribution in [2.24, 2.45) is 0 Å². The predicted octanol–water partition coefficient (Wildman–Crippen LogP) is 10.7. The SMILES string of the molecule is CCCCCCCCCCCCCCCCCCCCCCC(=O)OC[C@@H](CO[C@@H]1O[C@H](CO[C@@H]2O[C@H](CO)[C@H](O)C(O)C2O)[C@H](O)C(O)C1O)OC(=O)CCCCCCCCCCCCCCCCCCCC. The average molecular weight is 1060 g/mol. The van der Waals surface area contributed by atoms with Crippen LogP contribution in [0.15, 0.2) is 0 Å². The van der Waals surface area contributed by atoms with E-state index in [1.807, 2.05) is 0 Å². The first-order valence-electron chi connectivity index (χ1n) is 30.6. The Bertz CT molecular complexity index is 1290. The lowest BCUT2D eigenvalue weighted by molar-refractivity contribution is -0.332. The zero-order valence-electron chi connectivity index (χ0n) is 46.9. The summed E-state index contributed by atoms with van der Waals surface area (Å²) in [5, 5.41) is 72.3. The molecule has 4 unspecified atom stereocenters. The number of rotatable bonds is 50. The molecular formula is C59H112O15. The number of aliphatic hydroxyl groups excluding tert-OH is 7. The van der Waals surface area contributed by atoms with Gasteiger partial charge >= 0.3 is 11.9 Å². The van der Waals surface area contributed by atoms with E-state index in [0.717, 1.165) is 38.5 Å². The van der Waals surface area contributed by atoms with Crippen molar-refractivity contribution in [1.82, 2.24) is 0 Å². The van der Waals surface area contributed by atoms with Crippen LogP contribution >= 0.6 is 0 Å². The van der Waals surface area contributed by atoms with Crippen LogP contribution in [0.1, 0.15) is 271 Å². The molecule has 11 atom stereocenters. The normalized spacial score (nSPS) is 24.6. The van der Waals surface area contributed by atoms with Gasteiger partial charge in [0.25, 0.3) is 0 Å². The maximum atomic E-state index is 13.1. The Morgan fingerprint density at radius 2 is 0.689 bits per heavy atom. The summed E-state index contributed by atoms with van der Waals surface area (Å²) in [4.78, 5) is 25.9. The fourth-order valence-corrected chi connectivity index (χ4v) is 10.1. The summed E-state index contributed by atoms with van der Waals surface area (Å²) in [6.07, 6.45) is 31.2. The molecule has 0 bridgehead atoms. The van der Waals surface area contributed by atoms with Crippen LogP contribution in [0.4, 0.5) is 0 Å². The second kappa shape index (κ2) is 46.4. The number of unbranched alkanes of at least 4 members (excludes halogenated alkanes) is 36. The van der Waals surface area contributed by atoms with Gasteiger partial charge in [-0.25, -0.2) is 0 Å². The molecule has 0 aromatic rings. The van der Waals surface area contributed by atoms with Crippen LogP contribution in [0, 0.1) is 0 Å². The fourth-order valence-electron chi connectivity index (χ4n) is 10.1. The van der Waals surface area contributed by atoms with E-state index in [9.17, 15) is 45.3 Å². The van der Waals surface area contributed by atoms with Crippen LogP contribution in [0.2, 0.25) is 0 Å². The highest BCUT2D eigenvalue weighted by atomic mass is 16.7. The van der Waals surface area contributed by atoms with E-state index in [0.29, 0.717) is 12.8 Å². The largest absolute Gasteiger partial charge is 0.462 e. The molecule has 0 spiro atoms. The Morgan fingerprint density at radius 1 is 0.378 bits per heavy atom. The molecule has 2 heterocycles. The minimum absolute atomic E-state index is 0.174. The van der Waals surface area contributed by atoms with E-state index in [1.54, 1.807) is 0 Å².